The summed E-state index contributed by atoms with van der Waals surface area (Å²) in [5.41, 5.74) is 0. The Kier molecular flexibility index (Phi) is 9.24. The van der Waals surface area contributed by atoms with Gasteiger partial charge in [-0.15, -0.1) is 0 Å². The van der Waals surface area contributed by atoms with E-state index in [2.05, 4.69) is 28.8 Å². The van der Waals surface area contributed by atoms with E-state index < -0.39 is 0 Å². The van der Waals surface area contributed by atoms with Crippen molar-refractivity contribution < 1.29 is 9.53 Å². The van der Waals surface area contributed by atoms with Crippen molar-refractivity contribution in [2.75, 3.05) is 39.8 Å². The average Bonchev–Trinajstić information content (AvgIpc) is 2.32. The van der Waals surface area contributed by atoms with Crippen LogP contribution in [0.5, 0.6) is 0 Å². The summed E-state index contributed by atoms with van der Waals surface area (Å²) in [4.78, 5) is 13.5. The van der Waals surface area contributed by atoms with Crippen molar-refractivity contribution in [1.82, 2.24) is 10.2 Å². The second-order valence-corrected chi connectivity index (χ2v) is 4.01. The molecule has 0 heterocycles. The van der Waals surface area contributed by atoms with Crippen LogP contribution < -0.4 is 5.32 Å². The van der Waals surface area contributed by atoms with E-state index in [-0.39, 0.29) is 11.9 Å². The molecule has 0 radical (unpaired) electrons. The summed E-state index contributed by atoms with van der Waals surface area (Å²) in [7, 11) is 1.43. The van der Waals surface area contributed by atoms with E-state index in [0.717, 1.165) is 32.6 Å². The normalized spacial score (nSPS) is 12.8. The molecular formula is C12H26N2O2. The molecule has 0 fully saturated rings. The largest absolute Gasteiger partial charge is 0.469 e. The third-order valence-electron chi connectivity index (χ3n) is 2.78. The lowest BCUT2D eigenvalue weighted by atomic mass is 10.2. The van der Waals surface area contributed by atoms with Crippen LogP contribution in [-0.4, -0.2) is 50.7 Å². The zero-order valence-corrected chi connectivity index (χ0v) is 11.1. The predicted molar refractivity (Wildman–Crippen MR) is 66.5 cm³/mol. The number of carbonyl (C=O) groups is 1. The van der Waals surface area contributed by atoms with Crippen molar-refractivity contribution in [2.24, 2.45) is 5.92 Å². The second kappa shape index (κ2) is 9.60. The Morgan fingerprint density at radius 3 is 2.50 bits per heavy atom. The number of ether oxygens (including phenoxy) is 1. The van der Waals surface area contributed by atoms with Gasteiger partial charge in [-0.3, -0.25) is 4.79 Å². The molecule has 0 aliphatic carbocycles. The van der Waals surface area contributed by atoms with Crippen LogP contribution in [0.4, 0.5) is 0 Å². The first-order valence-corrected chi connectivity index (χ1v) is 6.16. The number of nitrogens with zero attached hydrogens (tertiary/aromatic N) is 1. The molecule has 0 saturated heterocycles. The summed E-state index contributed by atoms with van der Waals surface area (Å²) in [6.07, 6.45) is 1.12. The molecule has 1 N–H and O–H groups in total. The zero-order chi connectivity index (χ0) is 12.4. The van der Waals surface area contributed by atoms with E-state index >= 15 is 0 Å². The average molecular weight is 230 g/mol. The Balaban J connectivity index is 3.42. The standard InChI is InChI=1S/C12H26N2O2/c1-5-14(6-2)9-7-8-13-10-11(3)12(15)16-4/h11,13H,5-10H2,1-4H3. The van der Waals surface area contributed by atoms with Gasteiger partial charge in [0.1, 0.15) is 0 Å². The van der Waals surface area contributed by atoms with Crippen LogP contribution in [-0.2, 0) is 9.53 Å². The predicted octanol–water partition coefficient (Wildman–Crippen LogP) is 1.12. The van der Waals surface area contributed by atoms with Crippen LogP contribution in [0.2, 0.25) is 0 Å². The van der Waals surface area contributed by atoms with Crippen LogP contribution in [0.1, 0.15) is 27.2 Å². The molecule has 0 aliphatic rings. The highest BCUT2D eigenvalue weighted by molar-refractivity contribution is 5.71. The molecule has 4 nitrogen and oxygen atoms in total. The van der Waals surface area contributed by atoms with Gasteiger partial charge in [-0.1, -0.05) is 20.8 Å². The molecule has 0 amide bonds. The number of esters is 1. The second-order valence-electron chi connectivity index (χ2n) is 4.01. The van der Waals surface area contributed by atoms with Crippen LogP contribution in [0.3, 0.4) is 0 Å². The summed E-state index contributed by atoms with van der Waals surface area (Å²) in [6, 6.07) is 0. The maximum absolute atomic E-state index is 11.1. The smallest absolute Gasteiger partial charge is 0.309 e. The Morgan fingerprint density at radius 2 is 2.00 bits per heavy atom. The zero-order valence-electron chi connectivity index (χ0n) is 11.1. The lowest BCUT2D eigenvalue weighted by Gasteiger charge is -2.18. The first kappa shape index (κ1) is 15.4. The maximum atomic E-state index is 11.1. The topological polar surface area (TPSA) is 41.6 Å². The Morgan fingerprint density at radius 1 is 1.38 bits per heavy atom. The van der Waals surface area contributed by atoms with Gasteiger partial charge in [-0.05, 0) is 32.6 Å². The summed E-state index contributed by atoms with van der Waals surface area (Å²) in [5.74, 6) is -0.199. The highest BCUT2D eigenvalue weighted by Gasteiger charge is 2.11. The van der Waals surface area contributed by atoms with Gasteiger partial charge in [-0.2, -0.15) is 0 Å². The molecule has 0 aromatic heterocycles. The maximum Gasteiger partial charge on any atom is 0.309 e. The van der Waals surface area contributed by atoms with Gasteiger partial charge in [0, 0.05) is 6.54 Å². The van der Waals surface area contributed by atoms with E-state index in [1.165, 1.54) is 7.11 Å². The SMILES string of the molecule is CCN(CC)CCCNCC(C)C(=O)OC. The molecule has 0 saturated carbocycles. The van der Waals surface area contributed by atoms with Crippen molar-refractivity contribution in [3.8, 4) is 0 Å². The Labute approximate surface area is 99.3 Å². The van der Waals surface area contributed by atoms with Gasteiger partial charge < -0.3 is 15.0 Å². The first-order valence-electron chi connectivity index (χ1n) is 6.16. The van der Waals surface area contributed by atoms with Gasteiger partial charge >= 0.3 is 5.97 Å². The lowest BCUT2D eigenvalue weighted by Crippen LogP contribution is -2.31. The molecule has 4 heteroatoms. The van der Waals surface area contributed by atoms with Crippen molar-refractivity contribution in [1.29, 1.82) is 0 Å². The summed E-state index contributed by atoms with van der Waals surface area (Å²) in [5, 5.41) is 3.28. The molecular weight excluding hydrogens is 204 g/mol. The molecule has 0 aromatic rings. The minimum atomic E-state index is -0.142. The molecule has 0 aliphatic heterocycles. The summed E-state index contributed by atoms with van der Waals surface area (Å²) >= 11 is 0. The highest BCUT2D eigenvalue weighted by Crippen LogP contribution is 1.95. The third kappa shape index (κ3) is 6.80. The van der Waals surface area contributed by atoms with E-state index in [9.17, 15) is 4.79 Å². The van der Waals surface area contributed by atoms with E-state index in [1.807, 2.05) is 6.92 Å². The minimum Gasteiger partial charge on any atom is -0.469 e. The van der Waals surface area contributed by atoms with E-state index in [4.69, 9.17) is 0 Å². The summed E-state index contributed by atoms with van der Waals surface area (Å²) < 4.78 is 4.65. The Bertz CT molecular complexity index is 182. The number of hydrogen-bond acceptors (Lipinski definition) is 4. The molecule has 1 unspecified atom stereocenters. The van der Waals surface area contributed by atoms with Gasteiger partial charge in [-0.25, -0.2) is 0 Å². The minimum absolute atomic E-state index is 0.0570. The monoisotopic (exact) mass is 230 g/mol. The van der Waals surface area contributed by atoms with Crippen LogP contribution in [0, 0.1) is 5.92 Å². The van der Waals surface area contributed by atoms with E-state index in [0.29, 0.717) is 6.54 Å². The van der Waals surface area contributed by atoms with E-state index in [1.54, 1.807) is 0 Å². The van der Waals surface area contributed by atoms with Crippen molar-refractivity contribution >= 4 is 5.97 Å². The Hall–Kier alpha value is -0.610. The van der Waals surface area contributed by atoms with Crippen molar-refractivity contribution in [3.05, 3.63) is 0 Å². The van der Waals surface area contributed by atoms with Gasteiger partial charge in [0.05, 0.1) is 13.0 Å². The number of hydrogen-bond donors (Lipinski definition) is 1. The van der Waals surface area contributed by atoms with Gasteiger partial charge in [0.2, 0.25) is 0 Å². The van der Waals surface area contributed by atoms with Crippen LogP contribution in [0.15, 0.2) is 0 Å². The van der Waals surface area contributed by atoms with Crippen molar-refractivity contribution in [2.45, 2.75) is 27.2 Å². The van der Waals surface area contributed by atoms with Gasteiger partial charge in [0.15, 0.2) is 0 Å². The van der Waals surface area contributed by atoms with Gasteiger partial charge in [0.25, 0.3) is 0 Å². The van der Waals surface area contributed by atoms with Crippen LogP contribution in [0.25, 0.3) is 0 Å². The molecule has 0 spiro atoms. The molecule has 16 heavy (non-hydrogen) atoms. The van der Waals surface area contributed by atoms with Crippen LogP contribution >= 0.6 is 0 Å². The molecule has 0 bridgehead atoms. The molecule has 1 atom stereocenters. The lowest BCUT2D eigenvalue weighted by molar-refractivity contribution is -0.144. The fourth-order valence-electron chi connectivity index (χ4n) is 1.57. The molecule has 0 aromatic carbocycles. The number of nitrogens with one attached hydrogen (secondary N) is 1. The summed E-state index contributed by atoms with van der Waals surface area (Å²) in [6.45, 7) is 11.2. The fraction of sp³-hybridized carbons (Fsp3) is 0.917. The number of methoxy groups -OCH3 is 1. The third-order valence-corrected chi connectivity index (χ3v) is 2.78. The van der Waals surface area contributed by atoms with Crippen molar-refractivity contribution in [3.63, 3.8) is 0 Å². The first-order chi connectivity index (χ1) is 7.65. The fourth-order valence-corrected chi connectivity index (χ4v) is 1.57. The highest BCUT2D eigenvalue weighted by atomic mass is 16.5. The molecule has 0 rings (SSSR count). The number of carbonyl (C=O) groups excluding carboxylic acids is 1. The molecule has 96 valence electrons. The quantitative estimate of drug-likeness (QED) is 0.476. The number of rotatable bonds is 9.